The zero-order chi connectivity index (χ0) is 16.7. The fraction of sp³-hybridized carbons (Fsp3) is 0.533. The third-order valence-electron chi connectivity index (χ3n) is 4.39. The van der Waals surface area contributed by atoms with Crippen LogP contribution in [-0.2, 0) is 4.43 Å². The Morgan fingerprint density at radius 2 is 2.05 bits per heavy atom. The van der Waals surface area contributed by atoms with Gasteiger partial charge in [0.15, 0.2) is 8.32 Å². The first-order valence-electron chi connectivity index (χ1n) is 7.29. The number of phenols is 1. The molecule has 1 aromatic heterocycles. The number of fused-ring (bicyclic) bond motifs is 1. The number of benzene rings is 1. The van der Waals surface area contributed by atoms with Crippen LogP contribution in [-0.4, -0.2) is 25.0 Å². The predicted octanol–water partition coefficient (Wildman–Crippen LogP) is 3.32. The number of nitrogens with two attached hydrogens (primary N) is 1. The fourth-order valence-electron chi connectivity index (χ4n) is 2.06. The Bertz CT molecular complexity index is 730. The molecule has 4 N–H and O–H groups in total. The van der Waals surface area contributed by atoms with Crippen molar-refractivity contribution in [3.8, 4) is 5.75 Å². The number of aromatic nitrogens is 1. The number of nitrogens with one attached hydrogen (secondary N) is 1. The Labute approximate surface area is 135 Å². The molecular formula is C15H24N2O3SSi. The molecule has 0 fully saturated rings. The van der Waals surface area contributed by atoms with E-state index in [1.165, 1.54) is 0 Å². The van der Waals surface area contributed by atoms with Crippen LogP contribution in [0.15, 0.2) is 16.9 Å². The summed E-state index contributed by atoms with van der Waals surface area (Å²) in [6.07, 6.45) is -0.282. The molecule has 2 aromatic rings. The lowest BCUT2D eigenvalue weighted by atomic mass is 10.1. The van der Waals surface area contributed by atoms with E-state index in [9.17, 15) is 9.90 Å². The van der Waals surface area contributed by atoms with Crippen LogP contribution in [0, 0.1) is 0 Å². The summed E-state index contributed by atoms with van der Waals surface area (Å²) in [5.74, 6) is 0.0696. The van der Waals surface area contributed by atoms with Gasteiger partial charge in [-0.1, -0.05) is 38.2 Å². The summed E-state index contributed by atoms with van der Waals surface area (Å²) in [6, 6.07) is 3.38. The minimum atomic E-state index is -1.99. The van der Waals surface area contributed by atoms with Crippen molar-refractivity contribution in [2.24, 2.45) is 5.73 Å². The van der Waals surface area contributed by atoms with E-state index in [0.717, 1.165) is 21.6 Å². The van der Waals surface area contributed by atoms with Gasteiger partial charge >= 0.3 is 4.87 Å². The van der Waals surface area contributed by atoms with Gasteiger partial charge in [0.05, 0.1) is 10.8 Å². The number of hydrogen-bond acceptors (Lipinski definition) is 5. The zero-order valence-corrected chi connectivity index (χ0v) is 15.5. The van der Waals surface area contributed by atoms with Crippen LogP contribution in [0.25, 0.3) is 10.2 Å². The van der Waals surface area contributed by atoms with E-state index >= 15 is 0 Å². The molecule has 1 heterocycles. The molecule has 7 heteroatoms. The molecule has 2 rings (SSSR count). The average molecular weight is 341 g/mol. The Balaban J connectivity index is 2.49. The van der Waals surface area contributed by atoms with Crippen LogP contribution in [0.3, 0.4) is 0 Å². The molecule has 1 unspecified atom stereocenters. The third-order valence-corrected chi connectivity index (χ3v) is 9.81. The smallest absolute Gasteiger partial charge is 0.305 e. The molecular weight excluding hydrogens is 316 g/mol. The Morgan fingerprint density at radius 3 is 2.59 bits per heavy atom. The molecule has 0 amide bonds. The molecule has 1 atom stereocenters. The molecule has 0 radical (unpaired) electrons. The molecule has 0 saturated carbocycles. The van der Waals surface area contributed by atoms with Crippen LogP contribution in [0.2, 0.25) is 18.1 Å². The second-order valence-corrected chi connectivity index (χ2v) is 12.7. The van der Waals surface area contributed by atoms with Crippen molar-refractivity contribution < 1.29 is 9.53 Å². The van der Waals surface area contributed by atoms with Gasteiger partial charge in [-0.15, -0.1) is 0 Å². The highest BCUT2D eigenvalue weighted by Gasteiger charge is 2.39. The summed E-state index contributed by atoms with van der Waals surface area (Å²) in [4.78, 5) is 14.1. The number of phenolic OH excluding ortho intramolecular Hbond substituents is 1. The van der Waals surface area contributed by atoms with E-state index in [-0.39, 0.29) is 21.8 Å². The fourth-order valence-corrected chi connectivity index (χ4v) is 4.27. The summed E-state index contributed by atoms with van der Waals surface area (Å²) in [5.41, 5.74) is 7.27. The molecule has 0 saturated heterocycles. The molecule has 5 nitrogen and oxygen atoms in total. The maximum Gasteiger partial charge on any atom is 0.305 e. The zero-order valence-electron chi connectivity index (χ0n) is 13.7. The quantitative estimate of drug-likeness (QED) is 0.745. The second-order valence-electron chi connectivity index (χ2n) is 7.00. The summed E-state index contributed by atoms with van der Waals surface area (Å²) in [7, 11) is -1.99. The highest BCUT2D eigenvalue weighted by molar-refractivity contribution is 7.16. The number of hydrogen-bond donors (Lipinski definition) is 3. The largest absolute Gasteiger partial charge is 0.506 e. The molecule has 0 aliphatic rings. The first-order chi connectivity index (χ1) is 10.1. The summed E-state index contributed by atoms with van der Waals surface area (Å²) in [5, 5.41) is 9.97. The molecule has 0 aliphatic heterocycles. The van der Waals surface area contributed by atoms with Crippen molar-refractivity contribution in [1.29, 1.82) is 0 Å². The minimum absolute atomic E-state index is 0.0696. The van der Waals surface area contributed by atoms with E-state index in [4.69, 9.17) is 10.2 Å². The van der Waals surface area contributed by atoms with Gasteiger partial charge in [0.2, 0.25) is 0 Å². The molecule has 0 bridgehead atoms. The number of aromatic hydroxyl groups is 1. The van der Waals surface area contributed by atoms with Gasteiger partial charge in [0.25, 0.3) is 0 Å². The van der Waals surface area contributed by atoms with Crippen LogP contribution >= 0.6 is 11.3 Å². The van der Waals surface area contributed by atoms with Gasteiger partial charge in [0, 0.05) is 12.1 Å². The highest BCUT2D eigenvalue weighted by atomic mass is 32.1. The normalized spacial score (nSPS) is 14.5. The Kier molecular flexibility index (Phi) is 4.54. The SMILES string of the molecule is CC(C)(C)[Si](C)(C)OC(CN)c1ccc(O)c2[nH]c(=O)sc12. The van der Waals surface area contributed by atoms with Crippen molar-refractivity contribution in [1.82, 2.24) is 4.98 Å². The van der Waals surface area contributed by atoms with Crippen molar-refractivity contribution in [2.45, 2.75) is 45.0 Å². The lowest BCUT2D eigenvalue weighted by molar-refractivity contribution is 0.193. The van der Waals surface area contributed by atoms with E-state index in [0.29, 0.717) is 12.1 Å². The van der Waals surface area contributed by atoms with E-state index < -0.39 is 8.32 Å². The van der Waals surface area contributed by atoms with Crippen molar-refractivity contribution >= 4 is 29.9 Å². The minimum Gasteiger partial charge on any atom is -0.506 e. The number of rotatable bonds is 4. The second kappa shape index (κ2) is 5.81. The molecule has 1 aromatic carbocycles. The number of aromatic amines is 1. The van der Waals surface area contributed by atoms with Gasteiger partial charge < -0.3 is 20.3 Å². The lowest BCUT2D eigenvalue weighted by Gasteiger charge is -2.39. The third kappa shape index (κ3) is 3.12. The monoisotopic (exact) mass is 340 g/mol. The van der Waals surface area contributed by atoms with Crippen molar-refractivity contribution in [3.63, 3.8) is 0 Å². The first kappa shape index (κ1) is 17.2. The molecule has 122 valence electrons. The van der Waals surface area contributed by atoms with Gasteiger partial charge in [0.1, 0.15) is 11.3 Å². The Morgan fingerprint density at radius 1 is 1.41 bits per heavy atom. The molecule has 0 spiro atoms. The number of H-pyrrole nitrogens is 1. The van der Waals surface area contributed by atoms with Gasteiger partial charge in [-0.3, -0.25) is 4.79 Å². The van der Waals surface area contributed by atoms with E-state index in [2.05, 4.69) is 38.8 Å². The van der Waals surface area contributed by atoms with Crippen LogP contribution in [0.1, 0.15) is 32.4 Å². The summed E-state index contributed by atoms with van der Waals surface area (Å²) in [6.45, 7) is 11.2. The van der Waals surface area contributed by atoms with Gasteiger partial charge in [-0.2, -0.15) is 0 Å². The first-order valence-corrected chi connectivity index (χ1v) is 11.0. The van der Waals surface area contributed by atoms with Crippen LogP contribution < -0.4 is 10.6 Å². The van der Waals surface area contributed by atoms with Crippen molar-refractivity contribution in [2.75, 3.05) is 6.54 Å². The standard InChI is InChI=1S/C15H24N2O3SSi/c1-15(2,3)22(4,5)20-11(8-16)9-6-7-10(18)12-13(9)21-14(19)17-12/h6-7,11,18H,8,16H2,1-5H3,(H,17,19). The topological polar surface area (TPSA) is 88.3 Å². The molecule has 0 aliphatic carbocycles. The van der Waals surface area contributed by atoms with E-state index in [1.807, 2.05) is 0 Å². The maximum atomic E-state index is 11.6. The number of thiazole rings is 1. The predicted molar refractivity (Wildman–Crippen MR) is 94.2 cm³/mol. The highest BCUT2D eigenvalue weighted by Crippen LogP contribution is 2.41. The van der Waals surface area contributed by atoms with Crippen molar-refractivity contribution in [3.05, 3.63) is 27.4 Å². The Hall–Kier alpha value is -1.15. The summed E-state index contributed by atoms with van der Waals surface area (Å²) < 4.78 is 7.14. The van der Waals surface area contributed by atoms with Crippen LogP contribution in [0.4, 0.5) is 0 Å². The molecule has 22 heavy (non-hydrogen) atoms. The van der Waals surface area contributed by atoms with Gasteiger partial charge in [-0.05, 0) is 24.2 Å². The maximum absolute atomic E-state index is 11.6. The lowest BCUT2D eigenvalue weighted by Crippen LogP contribution is -2.43. The summed E-state index contributed by atoms with van der Waals surface area (Å²) >= 11 is 1.08. The average Bonchev–Trinajstić information content (AvgIpc) is 2.78. The van der Waals surface area contributed by atoms with Crippen LogP contribution in [0.5, 0.6) is 5.75 Å². The van der Waals surface area contributed by atoms with E-state index in [1.54, 1.807) is 12.1 Å². The van der Waals surface area contributed by atoms with Gasteiger partial charge in [-0.25, -0.2) is 0 Å².